The highest BCUT2D eigenvalue weighted by Gasteiger charge is 2.10. The summed E-state index contributed by atoms with van der Waals surface area (Å²) in [5, 5.41) is 23.0. The molecule has 0 unspecified atom stereocenters. The summed E-state index contributed by atoms with van der Waals surface area (Å²) < 4.78 is 2.71. The molecular weight excluding hydrogens is 525 g/mol. The summed E-state index contributed by atoms with van der Waals surface area (Å²) in [7, 11) is 0. The van der Waals surface area contributed by atoms with Gasteiger partial charge < -0.3 is 10.4 Å². The summed E-state index contributed by atoms with van der Waals surface area (Å²) in [6, 6.07) is 22.5. The molecule has 0 aliphatic heterocycles. The third kappa shape index (κ3) is 4.19. The predicted octanol–water partition coefficient (Wildman–Crippen LogP) is 6.19. The van der Waals surface area contributed by atoms with E-state index in [-0.39, 0.29) is 5.75 Å². The van der Waals surface area contributed by atoms with Gasteiger partial charge in [0.05, 0.1) is 23.1 Å². The molecule has 2 aromatic heterocycles. The van der Waals surface area contributed by atoms with E-state index in [0.717, 1.165) is 37.2 Å². The molecule has 2 N–H and O–H groups in total. The second-order valence-corrected chi connectivity index (χ2v) is 8.60. The summed E-state index contributed by atoms with van der Waals surface area (Å²) in [6.45, 7) is 0. The van der Waals surface area contributed by atoms with Gasteiger partial charge >= 0.3 is 0 Å². The number of hydrogen-bond donors (Lipinski definition) is 2. The van der Waals surface area contributed by atoms with Gasteiger partial charge in [-0.2, -0.15) is 0 Å². The number of aromatic hydroxyl groups is 1. The molecule has 0 spiro atoms. The maximum atomic E-state index is 9.46. The van der Waals surface area contributed by atoms with Crippen LogP contribution in [0, 0.1) is 3.57 Å². The summed E-state index contributed by atoms with van der Waals surface area (Å²) in [4.78, 5) is 4.78. The van der Waals surface area contributed by atoms with E-state index in [9.17, 15) is 5.11 Å². The minimum absolute atomic E-state index is 0.206. The molecule has 0 radical (unpaired) electrons. The molecule has 0 saturated heterocycles. The minimum atomic E-state index is 0.206. The lowest BCUT2D eigenvalue weighted by molar-refractivity contribution is 0.475. The van der Waals surface area contributed by atoms with Gasteiger partial charge in [0.2, 0.25) is 0 Å². The van der Waals surface area contributed by atoms with Crippen molar-refractivity contribution in [2.45, 2.75) is 0 Å². The van der Waals surface area contributed by atoms with E-state index < -0.39 is 0 Å². The van der Waals surface area contributed by atoms with E-state index in [1.165, 1.54) is 0 Å². The molecule has 0 saturated carbocycles. The lowest BCUT2D eigenvalue weighted by atomic mass is 10.1. The number of rotatable bonds is 4. The Morgan fingerprint density at radius 1 is 0.935 bits per heavy atom. The Morgan fingerprint density at radius 3 is 2.58 bits per heavy atom. The second-order valence-electron chi connectivity index (χ2n) is 6.92. The van der Waals surface area contributed by atoms with Crippen LogP contribution in [0.1, 0.15) is 0 Å². The van der Waals surface area contributed by atoms with Gasteiger partial charge in [-0.15, -0.1) is 5.10 Å². The third-order valence-electron chi connectivity index (χ3n) is 4.74. The molecule has 0 atom stereocenters. The van der Waals surface area contributed by atoms with Crippen molar-refractivity contribution >= 4 is 56.5 Å². The van der Waals surface area contributed by atoms with Crippen molar-refractivity contribution in [2.24, 2.45) is 0 Å². The average Bonchev–Trinajstić information content (AvgIpc) is 3.24. The van der Waals surface area contributed by atoms with Gasteiger partial charge in [0.15, 0.2) is 0 Å². The Hall–Kier alpha value is -3.17. The molecule has 0 aliphatic carbocycles. The Kier molecular flexibility index (Phi) is 5.21. The molecule has 6 nitrogen and oxygen atoms in total. The van der Waals surface area contributed by atoms with E-state index in [0.29, 0.717) is 10.7 Å². The largest absolute Gasteiger partial charge is 0.508 e. The van der Waals surface area contributed by atoms with E-state index in [1.54, 1.807) is 28.9 Å². The van der Waals surface area contributed by atoms with Crippen LogP contribution in [0.3, 0.4) is 0 Å². The van der Waals surface area contributed by atoms with Crippen LogP contribution < -0.4 is 5.32 Å². The number of anilines is 2. The van der Waals surface area contributed by atoms with Gasteiger partial charge in [-0.3, -0.25) is 0 Å². The van der Waals surface area contributed by atoms with Crippen molar-refractivity contribution in [3.8, 4) is 22.8 Å². The van der Waals surface area contributed by atoms with E-state index in [1.807, 2.05) is 54.7 Å². The molecule has 152 valence electrons. The molecule has 5 aromatic rings. The normalized spacial score (nSPS) is 11.0. The highest BCUT2D eigenvalue weighted by Crippen LogP contribution is 2.29. The van der Waals surface area contributed by atoms with Gasteiger partial charge in [0.1, 0.15) is 11.4 Å². The Labute approximate surface area is 196 Å². The van der Waals surface area contributed by atoms with E-state index in [4.69, 9.17) is 16.6 Å². The summed E-state index contributed by atoms with van der Waals surface area (Å²) in [6.07, 6.45) is 1.82. The summed E-state index contributed by atoms with van der Waals surface area (Å²) in [5.41, 5.74) is 4.91. The first-order chi connectivity index (χ1) is 15.0. The minimum Gasteiger partial charge on any atom is -0.508 e. The summed E-state index contributed by atoms with van der Waals surface area (Å²) in [5.74, 6) is 0.206. The number of benzene rings is 3. The molecular formula is C23H15ClIN5O. The highest BCUT2D eigenvalue weighted by molar-refractivity contribution is 14.1. The van der Waals surface area contributed by atoms with Crippen LogP contribution in [0.25, 0.3) is 28.0 Å². The van der Waals surface area contributed by atoms with Gasteiger partial charge in [-0.25, -0.2) is 9.67 Å². The van der Waals surface area contributed by atoms with Gasteiger partial charge in [0, 0.05) is 25.4 Å². The van der Waals surface area contributed by atoms with Crippen molar-refractivity contribution in [3.63, 3.8) is 0 Å². The van der Waals surface area contributed by atoms with Crippen molar-refractivity contribution in [2.75, 3.05) is 5.32 Å². The average molecular weight is 540 g/mol. The molecule has 5 rings (SSSR count). The molecule has 2 heterocycles. The molecule has 0 bridgehead atoms. The topological polar surface area (TPSA) is 75.9 Å². The predicted molar refractivity (Wildman–Crippen MR) is 131 cm³/mol. The first kappa shape index (κ1) is 19.8. The number of nitrogens with zero attached hydrogens (tertiary/aromatic N) is 4. The van der Waals surface area contributed by atoms with Crippen LogP contribution in [-0.4, -0.2) is 25.1 Å². The lowest BCUT2D eigenvalue weighted by Gasteiger charge is -2.11. The highest BCUT2D eigenvalue weighted by atomic mass is 127. The van der Waals surface area contributed by atoms with Crippen molar-refractivity contribution in [3.05, 3.63) is 87.6 Å². The number of hydrogen-bond acceptors (Lipinski definition) is 5. The standard InChI is InChI=1S/C23H15ClIN5O/c24-14-10-15(25)12-16(11-14)26-20-2-1-3-21-19(20)8-9-22(27-21)23-13-30(29-28-23)17-4-6-18(31)7-5-17/h1-13,26,31H. The fraction of sp³-hybridized carbons (Fsp3) is 0. The molecule has 0 amide bonds. The zero-order valence-electron chi connectivity index (χ0n) is 16.0. The Balaban J connectivity index is 1.48. The van der Waals surface area contributed by atoms with Crippen LogP contribution in [0.4, 0.5) is 11.4 Å². The van der Waals surface area contributed by atoms with Gasteiger partial charge in [0.25, 0.3) is 0 Å². The molecule has 8 heteroatoms. The molecule has 0 aliphatic rings. The zero-order valence-corrected chi connectivity index (χ0v) is 18.9. The van der Waals surface area contributed by atoms with Gasteiger partial charge in [-0.1, -0.05) is 22.9 Å². The maximum absolute atomic E-state index is 9.46. The molecule has 31 heavy (non-hydrogen) atoms. The zero-order chi connectivity index (χ0) is 21.4. The molecule has 3 aromatic carbocycles. The fourth-order valence-electron chi connectivity index (χ4n) is 3.30. The molecule has 0 fully saturated rings. The van der Waals surface area contributed by atoms with Crippen molar-refractivity contribution < 1.29 is 5.11 Å². The second kappa shape index (κ2) is 8.16. The Bertz CT molecular complexity index is 1380. The maximum Gasteiger partial charge on any atom is 0.131 e. The van der Waals surface area contributed by atoms with E-state index in [2.05, 4.69) is 38.2 Å². The number of fused-ring (bicyclic) bond motifs is 1. The number of aromatic nitrogens is 4. The smallest absolute Gasteiger partial charge is 0.131 e. The SMILES string of the molecule is Oc1ccc(-n2cc(-c3ccc4c(Nc5cc(Cl)cc(I)c5)cccc4n3)nn2)cc1. The van der Waals surface area contributed by atoms with Crippen LogP contribution in [0.15, 0.2) is 79.0 Å². The number of phenolic OH excluding ortho intramolecular Hbond substituents is 1. The number of halogens is 2. The lowest BCUT2D eigenvalue weighted by Crippen LogP contribution is -1.94. The first-order valence-corrected chi connectivity index (χ1v) is 10.9. The fourth-order valence-corrected chi connectivity index (χ4v) is 4.39. The Morgan fingerprint density at radius 2 is 1.77 bits per heavy atom. The van der Waals surface area contributed by atoms with Crippen LogP contribution in [0.5, 0.6) is 5.75 Å². The van der Waals surface area contributed by atoms with Crippen molar-refractivity contribution in [1.82, 2.24) is 20.0 Å². The van der Waals surface area contributed by atoms with Crippen molar-refractivity contribution in [1.29, 1.82) is 0 Å². The van der Waals surface area contributed by atoms with E-state index >= 15 is 0 Å². The first-order valence-electron chi connectivity index (χ1n) is 9.40. The quantitative estimate of drug-likeness (QED) is 0.266. The monoisotopic (exact) mass is 539 g/mol. The van der Waals surface area contributed by atoms with Crippen LogP contribution in [-0.2, 0) is 0 Å². The van der Waals surface area contributed by atoms with Crippen LogP contribution >= 0.6 is 34.2 Å². The third-order valence-corrected chi connectivity index (χ3v) is 5.58. The van der Waals surface area contributed by atoms with Gasteiger partial charge in [-0.05, 0) is 89.3 Å². The number of phenols is 1. The van der Waals surface area contributed by atoms with Crippen LogP contribution in [0.2, 0.25) is 5.02 Å². The number of pyridine rings is 1. The summed E-state index contributed by atoms with van der Waals surface area (Å²) >= 11 is 8.44. The number of nitrogens with one attached hydrogen (secondary N) is 1.